The molecule has 2 amide bonds. The molecule has 4 heteroatoms. The summed E-state index contributed by atoms with van der Waals surface area (Å²) >= 11 is 0. The zero-order valence-corrected chi connectivity index (χ0v) is 15.2. The summed E-state index contributed by atoms with van der Waals surface area (Å²) in [6.07, 6.45) is 3.85. The van der Waals surface area contributed by atoms with Gasteiger partial charge in [-0.25, -0.2) is 4.79 Å². The van der Waals surface area contributed by atoms with Crippen LogP contribution in [-0.4, -0.2) is 36.1 Å². The Bertz CT molecular complexity index is 533. The van der Waals surface area contributed by atoms with Gasteiger partial charge in [-0.2, -0.15) is 0 Å². The first-order valence-electron chi connectivity index (χ1n) is 8.77. The van der Waals surface area contributed by atoms with Crippen molar-refractivity contribution in [3.63, 3.8) is 0 Å². The molecule has 1 heterocycles. The van der Waals surface area contributed by atoms with Crippen LogP contribution in [0, 0.1) is 20.8 Å². The summed E-state index contributed by atoms with van der Waals surface area (Å²) in [6, 6.07) is 5.07. The number of carbonyl (C=O) groups is 1. The number of benzene rings is 1. The molecule has 0 bridgehead atoms. The fourth-order valence-electron chi connectivity index (χ4n) is 3.67. The highest BCUT2D eigenvalue weighted by molar-refractivity contribution is 5.91. The van der Waals surface area contributed by atoms with E-state index in [-0.39, 0.29) is 6.03 Å². The van der Waals surface area contributed by atoms with E-state index in [1.165, 1.54) is 24.8 Å². The number of amides is 2. The highest BCUT2D eigenvalue weighted by atomic mass is 16.2. The third-order valence-corrected chi connectivity index (χ3v) is 4.89. The average Bonchev–Trinajstić information content (AvgIpc) is 2.49. The standard InChI is InChI=1S/C19H31N3O/c1-13-10-14(2)18(15(3)11-13)21-19(23)20-12-17(5)22-9-7-6-8-16(22)4/h10-11,16-17H,6-9,12H2,1-5H3,(H2,20,21,23). The van der Waals surface area contributed by atoms with Gasteiger partial charge in [0, 0.05) is 24.3 Å². The van der Waals surface area contributed by atoms with Gasteiger partial charge < -0.3 is 10.6 Å². The molecule has 1 aliphatic rings. The highest BCUT2D eigenvalue weighted by Gasteiger charge is 2.23. The second kappa shape index (κ2) is 7.82. The molecular weight excluding hydrogens is 286 g/mol. The second-order valence-electron chi connectivity index (χ2n) is 7.04. The second-order valence-corrected chi connectivity index (χ2v) is 7.04. The van der Waals surface area contributed by atoms with Crippen molar-refractivity contribution in [1.29, 1.82) is 0 Å². The van der Waals surface area contributed by atoms with Crippen LogP contribution in [0.2, 0.25) is 0 Å². The molecule has 0 aliphatic carbocycles. The zero-order valence-electron chi connectivity index (χ0n) is 15.2. The Kier molecular flexibility index (Phi) is 6.05. The molecule has 1 fully saturated rings. The summed E-state index contributed by atoms with van der Waals surface area (Å²) in [5.74, 6) is 0. The topological polar surface area (TPSA) is 44.4 Å². The van der Waals surface area contributed by atoms with Crippen LogP contribution >= 0.6 is 0 Å². The van der Waals surface area contributed by atoms with Crippen LogP contribution in [0.3, 0.4) is 0 Å². The van der Waals surface area contributed by atoms with Gasteiger partial charge in [-0.1, -0.05) is 24.1 Å². The first kappa shape index (κ1) is 17.8. The van der Waals surface area contributed by atoms with E-state index >= 15 is 0 Å². The first-order chi connectivity index (χ1) is 10.9. The van der Waals surface area contributed by atoms with Gasteiger partial charge >= 0.3 is 6.03 Å². The zero-order chi connectivity index (χ0) is 17.0. The Balaban J connectivity index is 1.88. The summed E-state index contributed by atoms with van der Waals surface area (Å²) in [5, 5.41) is 6.03. The van der Waals surface area contributed by atoms with Crippen molar-refractivity contribution in [2.45, 2.75) is 66.0 Å². The molecule has 0 aromatic heterocycles. The summed E-state index contributed by atoms with van der Waals surface area (Å²) in [5.41, 5.74) is 4.36. The highest BCUT2D eigenvalue weighted by Crippen LogP contribution is 2.22. The minimum atomic E-state index is -0.114. The fraction of sp³-hybridized carbons (Fsp3) is 0.632. The van der Waals surface area contributed by atoms with E-state index in [0.717, 1.165) is 23.4 Å². The third kappa shape index (κ3) is 4.71. The Hall–Kier alpha value is -1.55. The van der Waals surface area contributed by atoms with E-state index in [0.29, 0.717) is 18.6 Å². The quantitative estimate of drug-likeness (QED) is 0.881. The lowest BCUT2D eigenvalue weighted by Gasteiger charge is -2.38. The smallest absolute Gasteiger partial charge is 0.319 e. The van der Waals surface area contributed by atoms with Gasteiger partial charge in [0.1, 0.15) is 0 Å². The van der Waals surface area contributed by atoms with Crippen LogP contribution in [0.4, 0.5) is 10.5 Å². The van der Waals surface area contributed by atoms with Gasteiger partial charge in [-0.05, 0) is 65.1 Å². The number of nitrogens with one attached hydrogen (secondary N) is 2. The number of aryl methyl sites for hydroxylation is 3. The summed E-state index contributed by atoms with van der Waals surface area (Å²) in [4.78, 5) is 14.7. The average molecular weight is 317 g/mol. The maximum absolute atomic E-state index is 12.2. The van der Waals surface area contributed by atoms with Crippen molar-refractivity contribution in [3.05, 3.63) is 28.8 Å². The maximum atomic E-state index is 12.2. The van der Waals surface area contributed by atoms with E-state index in [4.69, 9.17) is 0 Å². The minimum absolute atomic E-state index is 0.114. The van der Waals surface area contributed by atoms with Crippen LogP contribution in [0.15, 0.2) is 12.1 Å². The number of piperidine rings is 1. The molecule has 2 atom stereocenters. The summed E-state index contributed by atoms with van der Waals surface area (Å²) in [6.45, 7) is 12.5. The van der Waals surface area contributed by atoms with E-state index in [9.17, 15) is 4.79 Å². The number of carbonyl (C=O) groups excluding carboxylic acids is 1. The molecule has 1 aromatic rings. The van der Waals surface area contributed by atoms with Gasteiger partial charge in [-0.15, -0.1) is 0 Å². The van der Waals surface area contributed by atoms with E-state index in [2.05, 4.69) is 48.4 Å². The number of hydrogen-bond acceptors (Lipinski definition) is 2. The number of hydrogen-bond donors (Lipinski definition) is 2. The molecule has 1 aliphatic heterocycles. The van der Waals surface area contributed by atoms with Crippen LogP contribution in [-0.2, 0) is 0 Å². The Morgan fingerprint density at radius 1 is 1.26 bits per heavy atom. The predicted octanol–water partition coefficient (Wildman–Crippen LogP) is 4.00. The molecule has 0 radical (unpaired) electrons. The van der Waals surface area contributed by atoms with Crippen molar-refractivity contribution in [3.8, 4) is 0 Å². The van der Waals surface area contributed by atoms with Crippen LogP contribution in [0.25, 0.3) is 0 Å². The Labute approximate surface area is 140 Å². The van der Waals surface area contributed by atoms with Gasteiger partial charge in [0.15, 0.2) is 0 Å². The largest absolute Gasteiger partial charge is 0.336 e. The monoisotopic (exact) mass is 317 g/mol. The van der Waals surface area contributed by atoms with Gasteiger partial charge in [-0.3, -0.25) is 4.90 Å². The van der Waals surface area contributed by atoms with E-state index < -0.39 is 0 Å². The molecule has 1 aromatic carbocycles. The molecular formula is C19H31N3O. The summed E-state index contributed by atoms with van der Waals surface area (Å²) in [7, 11) is 0. The molecule has 2 rings (SSSR count). The third-order valence-electron chi connectivity index (χ3n) is 4.89. The summed E-state index contributed by atoms with van der Waals surface area (Å²) < 4.78 is 0. The fourth-order valence-corrected chi connectivity index (χ4v) is 3.67. The van der Waals surface area contributed by atoms with Crippen LogP contribution in [0.1, 0.15) is 49.8 Å². The molecule has 128 valence electrons. The molecule has 0 spiro atoms. The number of anilines is 1. The molecule has 1 saturated heterocycles. The van der Waals surface area contributed by atoms with Crippen LogP contribution < -0.4 is 10.6 Å². The Morgan fingerprint density at radius 2 is 1.91 bits per heavy atom. The normalized spacial score (nSPS) is 20.1. The molecule has 2 N–H and O–H groups in total. The lowest BCUT2D eigenvalue weighted by molar-refractivity contribution is 0.114. The predicted molar refractivity (Wildman–Crippen MR) is 97.2 cm³/mol. The van der Waals surface area contributed by atoms with Crippen molar-refractivity contribution >= 4 is 11.7 Å². The number of nitrogens with zero attached hydrogens (tertiary/aromatic N) is 1. The molecule has 2 unspecified atom stereocenters. The SMILES string of the molecule is Cc1cc(C)c(NC(=O)NCC(C)N2CCCCC2C)c(C)c1. The van der Waals surface area contributed by atoms with Crippen molar-refractivity contribution in [2.24, 2.45) is 0 Å². The maximum Gasteiger partial charge on any atom is 0.319 e. The number of rotatable bonds is 4. The van der Waals surface area contributed by atoms with Gasteiger partial charge in [0.05, 0.1) is 0 Å². The lowest BCUT2D eigenvalue weighted by atomic mass is 10.0. The Morgan fingerprint density at radius 3 is 2.52 bits per heavy atom. The van der Waals surface area contributed by atoms with Crippen molar-refractivity contribution in [1.82, 2.24) is 10.2 Å². The van der Waals surface area contributed by atoms with Crippen LogP contribution in [0.5, 0.6) is 0 Å². The molecule has 0 saturated carbocycles. The van der Waals surface area contributed by atoms with E-state index in [1.54, 1.807) is 0 Å². The number of urea groups is 1. The lowest BCUT2D eigenvalue weighted by Crippen LogP contribution is -2.49. The molecule has 23 heavy (non-hydrogen) atoms. The molecule has 4 nitrogen and oxygen atoms in total. The van der Waals surface area contributed by atoms with Crippen molar-refractivity contribution < 1.29 is 4.79 Å². The van der Waals surface area contributed by atoms with Gasteiger partial charge in [0.25, 0.3) is 0 Å². The number of likely N-dealkylation sites (tertiary alicyclic amines) is 1. The van der Waals surface area contributed by atoms with Gasteiger partial charge in [0.2, 0.25) is 0 Å². The first-order valence-corrected chi connectivity index (χ1v) is 8.77. The van der Waals surface area contributed by atoms with E-state index in [1.807, 2.05) is 13.8 Å². The van der Waals surface area contributed by atoms with Crippen molar-refractivity contribution in [2.75, 3.05) is 18.4 Å². The minimum Gasteiger partial charge on any atom is -0.336 e.